The van der Waals surface area contributed by atoms with Gasteiger partial charge in [-0.1, -0.05) is 13.8 Å². The van der Waals surface area contributed by atoms with E-state index < -0.39 is 0 Å². The summed E-state index contributed by atoms with van der Waals surface area (Å²) in [7, 11) is 2.07. The summed E-state index contributed by atoms with van der Waals surface area (Å²) in [6, 6.07) is 0.429. The van der Waals surface area contributed by atoms with Gasteiger partial charge in [-0.05, 0) is 7.05 Å². The van der Waals surface area contributed by atoms with E-state index in [9.17, 15) is 4.79 Å². The number of hydrogen-bond acceptors (Lipinski definition) is 4. The van der Waals surface area contributed by atoms with Crippen LogP contribution in [0.4, 0.5) is 0 Å². The highest BCUT2D eigenvalue weighted by Crippen LogP contribution is 2.01. The summed E-state index contributed by atoms with van der Waals surface area (Å²) in [6.45, 7) is 8.12. The molecule has 0 spiro atoms. The molecule has 0 aliphatic carbocycles. The van der Waals surface area contributed by atoms with Crippen molar-refractivity contribution in [3.63, 3.8) is 0 Å². The van der Waals surface area contributed by atoms with E-state index >= 15 is 0 Å². The number of rotatable bonds is 6. The van der Waals surface area contributed by atoms with Crippen LogP contribution in [-0.2, 0) is 9.53 Å². The van der Waals surface area contributed by atoms with E-state index in [0.29, 0.717) is 19.0 Å². The molecule has 5 nitrogen and oxygen atoms in total. The summed E-state index contributed by atoms with van der Waals surface area (Å²) in [4.78, 5) is 13.8. The first-order valence-electron chi connectivity index (χ1n) is 6.38. The Morgan fingerprint density at radius 2 is 2.29 bits per heavy atom. The Kier molecular flexibility index (Phi) is 6.47. The van der Waals surface area contributed by atoms with Gasteiger partial charge in [0.1, 0.15) is 0 Å². The second-order valence-electron chi connectivity index (χ2n) is 4.92. The van der Waals surface area contributed by atoms with Gasteiger partial charge >= 0.3 is 0 Å². The average Bonchev–Trinajstić information content (AvgIpc) is 2.26. The van der Waals surface area contributed by atoms with Crippen LogP contribution in [0.15, 0.2) is 0 Å². The van der Waals surface area contributed by atoms with Crippen LogP contribution < -0.4 is 10.6 Å². The smallest absolute Gasteiger partial charge is 0.221 e. The average molecular weight is 243 g/mol. The monoisotopic (exact) mass is 243 g/mol. The lowest BCUT2D eigenvalue weighted by Crippen LogP contribution is -2.46. The van der Waals surface area contributed by atoms with Crippen LogP contribution in [0.5, 0.6) is 0 Å². The summed E-state index contributed by atoms with van der Waals surface area (Å²) >= 11 is 0. The summed E-state index contributed by atoms with van der Waals surface area (Å²) < 4.78 is 5.57. The number of carbonyl (C=O) groups is 1. The fourth-order valence-electron chi connectivity index (χ4n) is 1.78. The molecular formula is C12H25N3O2. The van der Waals surface area contributed by atoms with Crippen molar-refractivity contribution >= 4 is 5.91 Å². The van der Waals surface area contributed by atoms with E-state index in [1.54, 1.807) is 0 Å². The standard InChI is InChI=1S/C12H25N3O2/c1-10(2)13-5-4-12(16)14-8-11-9-15(3)6-7-17-11/h10-11,13H,4-9H2,1-3H3,(H,14,16). The number of nitrogens with one attached hydrogen (secondary N) is 2. The first kappa shape index (κ1) is 14.4. The number of amides is 1. The predicted octanol–water partition coefficient (Wildman–Crippen LogP) is -0.179. The fourth-order valence-corrected chi connectivity index (χ4v) is 1.78. The third-order valence-electron chi connectivity index (χ3n) is 2.77. The molecule has 100 valence electrons. The molecule has 1 aliphatic heterocycles. The van der Waals surface area contributed by atoms with Crippen molar-refractivity contribution in [2.24, 2.45) is 0 Å². The molecule has 1 atom stereocenters. The molecule has 1 heterocycles. The second kappa shape index (κ2) is 7.63. The number of morpholine rings is 1. The summed E-state index contributed by atoms with van der Waals surface area (Å²) in [6.07, 6.45) is 0.663. The van der Waals surface area contributed by atoms with Gasteiger partial charge in [-0.15, -0.1) is 0 Å². The number of carbonyl (C=O) groups excluding carboxylic acids is 1. The molecule has 1 aliphatic rings. The van der Waals surface area contributed by atoms with Crippen molar-refractivity contribution in [1.29, 1.82) is 0 Å². The second-order valence-corrected chi connectivity index (χ2v) is 4.92. The van der Waals surface area contributed by atoms with E-state index in [-0.39, 0.29) is 12.0 Å². The third-order valence-corrected chi connectivity index (χ3v) is 2.77. The van der Waals surface area contributed by atoms with Crippen LogP contribution in [-0.4, -0.2) is 62.8 Å². The fraction of sp³-hybridized carbons (Fsp3) is 0.917. The normalized spacial score (nSPS) is 21.8. The molecule has 0 aromatic heterocycles. The third kappa shape index (κ3) is 6.61. The zero-order valence-electron chi connectivity index (χ0n) is 11.2. The van der Waals surface area contributed by atoms with E-state index in [1.807, 2.05) is 0 Å². The van der Waals surface area contributed by atoms with Crippen LogP contribution in [0.2, 0.25) is 0 Å². The number of likely N-dealkylation sites (N-methyl/N-ethyl adjacent to an activating group) is 1. The molecule has 0 aromatic carbocycles. The molecule has 0 saturated carbocycles. The maximum atomic E-state index is 11.5. The zero-order chi connectivity index (χ0) is 12.7. The van der Waals surface area contributed by atoms with E-state index in [4.69, 9.17) is 4.74 Å². The molecule has 1 unspecified atom stereocenters. The molecule has 0 radical (unpaired) electrons. The van der Waals surface area contributed by atoms with Crippen LogP contribution in [0.1, 0.15) is 20.3 Å². The topological polar surface area (TPSA) is 53.6 Å². The predicted molar refractivity (Wildman–Crippen MR) is 68.0 cm³/mol. The lowest BCUT2D eigenvalue weighted by Gasteiger charge is -2.30. The lowest BCUT2D eigenvalue weighted by molar-refractivity contribution is -0.122. The molecule has 1 fully saturated rings. The van der Waals surface area contributed by atoms with Gasteiger partial charge in [-0.3, -0.25) is 4.79 Å². The minimum atomic E-state index is 0.0926. The highest BCUT2D eigenvalue weighted by Gasteiger charge is 2.17. The minimum absolute atomic E-state index is 0.0926. The van der Waals surface area contributed by atoms with Crippen LogP contribution in [0.25, 0.3) is 0 Å². The van der Waals surface area contributed by atoms with Gasteiger partial charge in [0.05, 0.1) is 12.7 Å². The number of hydrogen-bond donors (Lipinski definition) is 2. The Bertz CT molecular complexity index is 234. The van der Waals surface area contributed by atoms with Gasteiger partial charge in [0.25, 0.3) is 0 Å². The van der Waals surface area contributed by atoms with Gasteiger partial charge in [-0.2, -0.15) is 0 Å². The van der Waals surface area contributed by atoms with E-state index in [1.165, 1.54) is 0 Å². The van der Waals surface area contributed by atoms with Gasteiger partial charge in [0.15, 0.2) is 0 Å². The summed E-state index contributed by atoms with van der Waals surface area (Å²) in [5.41, 5.74) is 0. The molecule has 5 heteroatoms. The van der Waals surface area contributed by atoms with Crippen molar-refractivity contribution in [2.75, 3.05) is 39.8 Å². The minimum Gasteiger partial charge on any atom is -0.374 e. The van der Waals surface area contributed by atoms with Crippen molar-refractivity contribution in [2.45, 2.75) is 32.4 Å². The highest BCUT2D eigenvalue weighted by molar-refractivity contribution is 5.76. The first-order valence-corrected chi connectivity index (χ1v) is 6.38. The largest absolute Gasteiger partial charge is 0.374 e. The molecule has 0 aromatic rings. The first-order chi connectivity index (χ1) is 8.08. The molecule has 1 rings (SSSR count). The SMILES string of the molecule is CC(C)NCCC(=O)NCC1CN(C)CCO1. The summed E-state index contributed by atoms with van der Waals surface area (Å²) in [5, 5.41) is 6.14. The molecule has 1 amide bonds. The maximum Gasteiger partial charge on any atom is 0.221 e. The van der Waals surface area contributed by atoms with Crippen LogP contribution in [0, 0.1) is 0 Å². The Morgan fingerprint density at radius 3 is 2.94 bits per heavy atom. The Morgan fingerprint density at radius 1 is 1.53 bits per heavy atom. The number of nitrogens with zero attached hydrogens (tertiary/aromatic N) is 1. The molecule has 17 heavy (non-hydrogen) atoms. The Labute approximate surface area is 104 Å². The lowest BCUT2D eigenvalue weighted by atomic mass is 10.2. The van der Waals surface area contributed by atoms with Gasteiger partial charge in [0, 0.05) is 38.6 Å². The molecule has 1 saturated heterocycles. The van der Waals surface area contributed by atoms with Crippen molar-refractivity contribution < 1.29 is 9.53 Å². The quantitative estimate of drug-likeness (QED) is 0.679. The van der Waals surface area contributed by atoms with E-state index in [2.05, 4.69) is 36.4 Å². The zero-order valence-corrected chi connectivity index (χ0v) is 11.2. The van der Waals surface area contributed by atoms with Gasteiger partial charge in [-0.25, -0.2) is 0 Å². The maximum absolute atomic E-state index is 11.5. The Balaban J connectivity index is 2.06. The number of ether oxygens (including phenoxy) is 1. The van der Waals surface area contributed by atoms with Crippen LogP contribution >= 0.6 is 0 Å². The van der Waals surface area contributed by atoms with Crippen LogP contribution in [0.3, 0.4) is 0 Å². The molecule has 2 N–H and O–H groups in total. The molecular weight excluding hydrogens is 218 g/mol. The van der Waals surface area contributed by atoms with Crippen molar-refractivity contribution in [3.8, 4) is 0 Å². The van der Waals surface area contributed by atoms with E-state index in [0.717, 1.165) is 26.2 Å². The van der Waals surface area contributed by atoms with Crippen molar-refractivity contribution in [3.05, 3.63) is 0 Å². The summed E-state index contributed by atoms with van der Waals surface area (Å²) in [5.74, 6) is 0.0926. The highest BCUT2D eigenvalue weighted by atomic mass is 16.5. The van der Waals surface area contributed by atoms with Crippen molar-refractivity contribution in [1.82, 2.24) is 15.5 Å². The van der Waals surface area contributed by atoms with Gasteiger partial charge in [0.2, 0.25) is 5.91 Å². The Hall–Kier alpha value is -0.650. The molecule has 0 bridgehead atoms. The van der Waals surface area contributed by atoms with Gasteiger partial charge < -0.3 is 20.3 Å².